The van der Waals surface area contributed by atoms with Gasteiger partial charge in [0.15, 0.2) is 0 Å². The van der Waals surface area contributed by atoms with E-state index in [1.807, 2.05) is 37.3 Å². The summed E-state index contributed by atoms with van der Waals surface area (Å²) in [6, 6.07) is 14.4. The van der Waals surface area contributed by atoms with Gasteiger partial charge in [-0.25, -0.2) is 12.8 Å². The van der Waals surface area contributed by atoms with Crippen molar-refractivity contribution in [3.63, 3.8) is 0 Å². The van der Waals surface area contributed by atoms with E-state index in [-0.39, 0.29) is 32.1 Å². The molecule has 1 amide bonds. The molecule has 3 aromatic rings. The van der Waals surface area contributed by atoms with Gasteiger partial charge in [-0.2, -0.15) is 4.31 Å². The van der Waals surface area contributed by atoms with Crippen LogP contribution in [0.3, 0.4) is 0 Å². The molecule has 202 valence electrons. The van der Waals surface area contributed by atoms with Crippen LogP contribution >= 0.6 is 0 Å². The topological polar surface area (TPSA) is 94.0 Å². The molecule has 0 bridgehead atoms. The van der Waals surface area contributed by atoms with E-state index in [2.05, 4.69) is 9.88 Å². The first kappa shape index (κ1) is 26.5. The number of halogens is 1. The van der Waals surface area contributed by atoms with Gasteiger partial charge in [0.05, 0.1) is 29.1 Å². The number of nitrogens with zero attached hydrogens (tertiary/aromatic N) is 4. The summed E-state index contributed by atoms with van der Waals surface area (Å²) >= 11 is 0. The molecule has 38 heavy (non-hydrogen) atoms. The van der Waals surface area contributed by atoms with Crippen LogP contribution in [0.4, 0.5) is 10.1 Å². The van der Waals surface area contributed by atoms with Crippen molar-refractivity contribution in [1.29, 1.82) is 0 Å². The number of carbonyl (C=O) groups is 1. The number of benzene rings is 2. The van der Waals surface area contributed by atoms with E-state index in [1.54, 1.807) is 17.2 Å². The molecule has 2 aliphatic rings. The van der Waals surface area contributed by atoms with Crippen molar-refractivity contribution in [3.8, 4) is 0 Å². The number of piperidine rings is 1. The summed E-state index contributed by atoms with van der Waals surface area (Å²) in [7, 11) is -3.33. The van der Waals surface area contributed by atoms with Gasteiger partial charge in [0, 0.05) is 56.3 Å². The number of piperazine rings is 1. The fourth-order valence-corrected chi connectivity index (χ4v) is 6.71. The second-order valence-corrected chi connectivity index (χ2v) is 12.3. The average Bonchev–Trinajstić information content (AvgIpc) is 2.92. The molecule has 1 atom stereocenters. The third kappa shape index (κ3) is 4.88. The number of pyridine rings is 1. The van der Waals surface area contributed by atoms with Crippen LogP contribution in [0.1, 0.15) is 35.7 Å². The molecule has 2 fully saturated rings. The Hall–Kier alpha value is -3.08. The minimum Gasteiger partial charge on any atom is -0.392 e. The van der Waals surface area contributed by atoms with Crippen LogP contribution in [0.25, 0.3) is 10.9 Å². The standard InChI is InChI=1S/C28H33FN4O4S/c1-20(34)28(21-6-4-3-5-7-21)10-12-31(13-11-28)26-23-18-22(29)8-9-25(23)30-19-24(26)27(35)32-14-16-33(17-15-32)38(2,36)37/h3-9,18-20,34H,10-17H2,1-2H3. The van der Waals surface area contributed by atoms with Crippen molar-refractivity contribution in [2.24, 2.45) is 0 Å². The zero-order valence-electron chi connectivity index (χ0n) is 21.7. The number of amides is 1. The number of carbonyl (C=O) groups excluding carboxylic acids is 1. The van der Waals surface area contributed by atoms with E-state index in [9.17, 15) is 22.7 Å². The Kier molecular flexibility index (Phi) is 7.15. The van der Waals surface area contributed by atoms with Crippen molar-refractivity contribution >= 4 is 32.5 Å². The molecule has 1 unspecified atom stereocenters. The monoisotopic (exact) mass is 540 g/mol. The molecule has 0 radical (unpaired) electrons. The molecular formula is C28H33FN4O4S. The third-order valence-electron chi connectivity index (χ3n) is 8.15. The summed E-state index contributed by atoms with van der Waals surface area (Å²) in [4.78, 5) is 22.0. The van der Waals surface area contributed by atoms with Crippen LogP contribution < -0.4 is 4.90 Å². The summed E-state index contributed by atoms with van der Waals surface area (Å²) in [6.07, 6.45) is 3.48. The molecule has 8 nitrogen and oxygen atoms in total. The molecule has 0 spiro atoms. The SMILES string of the molecule is CC(O)C1(c2ccccc2)CCN(c2c(C(=O)N3CCN(S(C)(=O)=O)CC3)cnc3ccc(F)cc23)CC1. The van der Waals surface area contributed by atoms with Gasteiger partial charge >= 0.3 is 0 Å². The first-order chi connectivity index (χ1) is 18.1. The van der Waals surface area contributed by atoms with Gasteiger partial charge in [-0.05, 0) is 43.5 Å². The zero-order chi connectivity index (χ0) is 27.1. The number of aromatic nitrogens is 1. The number of sulfonamides is 1. The molecule has 1 N–H and O–H groups in total. The van der Waals surface area contributed by atoms with Crippen molar-refractivity contribution < 1.29 is 22.7 Å². The number of hydrogen-bond donors (Lipinski definition) is 1. The normalized spacial score (nSPS) is 19.5. The number of rotatable bonds is 5. The van der Waals surface area contributed by atoms with Crippen molar-refractivity contribution in [3.05, 3.63) is 71.7 Å². The van der Waals surface area contributed by atoms with Crippen LogP contribution in [0.15, 0.2) is 54.7 Å². The number of fused-ring (bicyclic) bond motifs is 1. The molecule has 2 aliphatic heterocycles. The van der Waals surface area contributed by atoms with Gasteiger partial charge in [-0.3, -0.25) is 9.78 Å². The highest BCUT2D eigenvalue weighted by molar-refractivity contribution is 7.88. The Bertz CT molecular complexity index is 1430. The summed E-state index contributed by atoms with van der Waals surface area (Å²) in [5, 5.41) is 11.4. The van der Waals surface area contributed by atoms with Gasteiger partial charge in [0.1, 0.15) is 5.82 Å². The van der Waals surface area contributed by atoms with Crippen molar-refractivity contribution in [2.75, 3.05) is 50.4 Å². The fourth-order valence-electron chi connectivity index (χ4n) is 5.89. The molecule has 0 aliphatic carbocycles. The van der Waals surface area contributed by atoms with Gasteiger partial charge in [0.25, 0.3) is 5.91 Å². The smallest absolute Gasteiger partial charge is 0.257 e. The van der Waals surface area contributed by atoms with Gasteiger partial charge in [-0.15, -0.1) is 0 Å². The number of hydrogen-bond acceptors (Lipinski definition) is 6. The highest BCUT2D eigenvalue weighted by atomic mass is 32.2. The maximum Gasteiger partial charge on any atom is 0.257 e. The van der Waals surface area contributed by atoms with Gasteiger partial charge in [-0.1, -0.05) is 30.3 Å². The highest BCUT2D eigenvalue weighted by Crippen LogP contribution is 2.42. The molecule has 5 rings (SSSR count). The molecule has 3 heterocycles. The average molecular weight is 541 g/mol. The lowest BCUT2D eigenvalue weighted by Crippen LogP contribution is -2.51. The first-order valence-electron chi connectivity index (χ1n) is 12.9. The van der Waals surface area contributed by atoms with Crippen molar-refractivity contribution in [2.45, 2.75) is 31.3 Å². The maximum atomic E-state index is 14.4. The number of aliphatic hydroxyl groups excluding tert-OH is 1. The van der Waals surface area contributed by atoms with E-state index in [4.69, 9.17) is 0 Å². The Morgan fingerprint density at radius 2 is 1.68 bits per heavy atom. The zero-order valence-corrected chi connectivity index (χ0v) is 22.5. The Balaban J connectivity index is 1.49. The second-order valence-electron chi connectivity index (χ2n) is 10.3. The van der Waals surface area contributed by atoms with Crippen molar-refractivity contribution in [1.82, 2.24) is 14.2 Å². The molecular weight excluding hydrogens is 507 g/mol. The van der Waals surface area contributed by atoms with Crippen LogP contribution in [-0.2, 0) is 15.4 Å². The Morgan fingerprint density at radius 1 is 1.03 bits per heavy atom. The lowest BCUT2D eigenvalue weighted by atomic mass is 9.69. The minimum absolute atomic E-state index is 0.229. The summed E-state index contributed by atoms with van der Waals surface area (Å²) in [5.41, 5.74) is 2.27. The molecule has 2 saturated heterocycles. The van der Waals surface area contributed by atoms with E-state index in [1.165, 1.54) is 22.7 Å². The highest BCUT2D eigenvalue weighted by Gasteiger charge is 2.41. The van der Waals surface area contributed by atoms with Crippen LogP contribution in [0.2, 0.25) is 0 Å². The quantitative estimate of drug-likeness (QED) is 0.535. The van der Waals surface area contributed by atoms with Crippen LogP contribution in [0, 0.1) is 5.82 Å². The van der Waals surface area contributed by atoms with E-state index >= 15 is 0 Å². The minimum atomic E-state index is -3.33. The second kappa shape index (κ2) is 10.2. The summed E-state index contributed by atoms with van der Waals surface area (Å²) < 4.78 is 39.7. The van der Waals surface area contributed by atoms with E-state index in [0.29, 0.717) is 48.1 Å². The Labute approximate surface area is 222 Å². The summed E-state index contributed by atoms with van der Waals surface area (Å²) in [5.74, 6) is -0.659. The number of aliphatic hydroxyl groups is 1. The van der Waals surface area contributed by atoms with Crippen LogP contribution in [-0.4, -0.2) is 85.2 Å². The van der Waals surface area contributed by atoms with Crippen LogP contribution in [0.5, 0.6) is 0 Å². The first-order valence-corrected chi connectivity index (χ1v) is 14.8. The molecule has 1 aromatic heterocycles. The molecule has 10 heteroatoms. The molecule has 2 aromatic carbocycles. The van der Waals surface area contributed by atoms with E-state index in [0.717, 1.165) is 5.56 Å². The Morgan fingerprint density at radius 3 is 2.29 bits per heavy atom. The maximum absolute atomic E-state index is 14.4. The molecule has 0 saturated carbocycles. The third-order valence-corrected chi connectivity index (χ3v) is 9.45. The fraction of sp³-hybridized carbons (Fsp3) is 0.429. The lowest BCUT2D eigenvalue weighted by Gasteiger charge is -2.45. The van der Waals surface area contributed by atoms with E-state index < -0.39 is 27.4 Å². The predicted octanol–water partition coefficient (Wildman–Crippen LogP) is 3.01. The largest absolute Gasteiger partial charge is 0.392 e. The van der Waals surface area contributed by atoms with Gasteiger partial charge < -0.3 is 14.9 Å². The summed E-state index contributed by atoms with van der Waals surface area (Å²) in [6.45, 7) is 3.96. The predicted molar refractivity (Wildman–Crippen MR) is 145 cm³/mol. The van der Waals surface area contributed by atoms with Gasteiger partial charge in [0.2, 0.25) is 10.0 Å². The number of anilines is 1. The lowest BCUT2D eigenvalue weighted by molar-refractivity contribution is 0.0695.